The van der Waals surface area contributed by atoms with E-state index in [-0.39, 0.29) is 17.0 Å². The summed E-state index contributed by atoms with van der Waals surface area (Å²) in [5.41, 5.74) is 0.480. The van der Waals surface area contributed by atoms with Crippen LogP contribution in [0.2, 0.25) is 0 Å². The predicted octanol–water partition coefficient (Wildman–Crippen LogP) is 1.49. The van der Waals surface area contributed by atoms with Crippen LogP contribution in [0.25, 0.3) is 0 Å². The lowest BCUT2D eigenvalue weighted by molar-refractivity contribution is 0.0696. The van der Waals surface area contributed by atoms with Crippen molar-refractivity contribution >= 4 is 16.0 Å². The van der Waals surface area contributed by atoms with E-state index >= 15 is 0 Å². The third-order valence-corrected chi connectivity index (χ3v) is 5.76. The van der Waals surface area contributed by atoms with Crippen LogP contribution in [0.15, 0.2) is 23.1 Å². The van der Waals surface area contributed by atoms with Crippen molar-refractivity contribution in [3.8, 4) is 0 Å². The number of carboxylic acids is 1. The predicted molar refractivity (Wildman–Crippen MR) is 89.7 cm³/mol. The number of benzene rings is 1. The van der Waals surface area contributed by atoms with Crippen molar-refractivity contribution in [1.29, 1.82) is 0 Å². The van der Waals surface area contributed by atoms with Crippen LogP contribution >= 0.6 is 0 Å². The molecule has 8 nitrogen and oxygen atoms in total. The van der Waals surface area contributed by atoms with Gasteiger partial charge in [-0.3, -0.25) is 0 Å². The van der Waals surface area contributed by atoms with Crippen LogP contribution in [0.1, 0.15) is 46.8 Å². The number of carbonyl (C=O) groups is 1. The topological polar surface area (TPSA) is 114 Å². The smallest absolute Gasteiger partial charge is 0.335 e. The Morgan fingerprint density at radius 1 is 1.28 bits per heavy atom. The Bertz CT molecular complexity index is 905. The summed E-state index contributed by atoms with van der Waals surface area (Å²) >= 11 is 0. The number of carboxylic acid groups (broad SMARTS) is 1. The van der Waals surface area contributed by atoms with Crippen molar-refractivity contribution in [3.05, 3.63) is 41.0 Å². The Balaban J connectivity index is 1.80. The first kappa shape index (κ1) is 17.6. The quantitative estimate of drug-likeness (QED) is 0.831. The van der Waals surface area contributed by atoms with E-state index in [1.165, 1.54) is 18.2 Å². The molecular weight excluding hydrogens is 344 g/mol. The molecule has 0 unspecified atom stereocenters. The molecule has 0 radical (unpaired) electrons. The highest BCUT2D eigenvalue weighted by Crippen LogP contribution is 2.17. The molecule has 0 bridgehead atoms. The zero-order valence-corrected chi connectivity index (χ0v) is 14.7. The molecular formula is C16H20N4O4S. The van der Waals surface area contributed by atoms with Crippen LogP contribution in [0.4, 0.5) is 0 Å². The molecule has 0 spiro atoms. The fraction of sp³-hybridized carbons (Fsp3) is 0.438. The third kappa shape index (κ3) is 3.72. The van der Waals surface area contributed by atoms with Gasteiger partial charge in [0.15, 0.2) is 0 Å². The van der Waals surface area contributed by atoms with E-state index in [1.807, 2.05) is 4.57 Å². The van der Waals surface area contributed by atoms with Crippen LogP contribution in [0.5, 0.6) is 0 Å². The molecule has 134 valence electrons. The molecule has 0 saturated heterocycles. The maximum atomic E-state index is 12.5. The number of nitrogens with one attached hydrogen (secondary N) is 1. The van der Waals surface area contributed by atoms with Gasteiger partial charge >= 0.3 is 5.97 Å². The van der Waals surface area contributed by atoms with Crippen LogP contribution in [-0.2, 0) is 29.5 Å². The Morgan fingerprint density at radius 3 is 2.84 bits per heavy atom. The minimum Gasteiger partial charge on any atom is -0.478 e. The van der Waals surface area contributed by atoms with Gasteiger partial charge in [0, 0.05) is 13.0 Å². The molecule has 2 N–H and O–H groups in total. The van der Waals surface area contributed by atoms with E-state index in [2.05, 4.69) is 14.9 Å². The van der Waals surface area contributed by atoms with Gasteiger partial charge in [-0.05, 0) is 37.5 Å². The Morgan fingerprint density at radius 2 is 2.08 bits per heavy atom. The van der Waals surface area contributed by atoms with E-state index in [4.69, 9.17) is 5.11 Å². The number of hydrogen-bond acceptors (Lipinski definition) is 5. The molecule has 1 aromatic heterocycles. The van der Waals surface area contributed by atoms with Crippen LogP contribution in [0.3, 0.4) is 0 Å². The zero-order valence-electron chi connectivity index (χ0n) is 13.9. The molecule has 0 fully saturated rings. The van der Waals surface area contributed by atoms with E-state index in [0.717, 1.165) is 38.1 Å². The summed E-state index contributed by atoms with van der Waals surface area (Å²) < 4.78 is 29.4. The maximum Gasteiger partial charge on any atom is 0.335 e. The maximum absolute atomic E-state index is 12.5. The summed E-state index contributed by atoms with van der Waals surface area (Å²) in [6, 6.07) is 4.06. The van der Waals surface area contributed by atoms with E-state index < -0.39 is 16.0 Å². The lowest BCUT2D eigenvalue weighted by Gasteiger charge is -2.10. The van der Waals surface area contributed by atoms with Crippen molar-refractivity contribution in [2.75, 3.05) is 0 Å². The van der Waals surface area contributed by atoms with Gasteiger partial charge < -0.3 is 9.67 Å². The molecule has 0 aliphatic carbocycles. The summed E-state index contributed by atoms with van der Waals surface area (Å²) in [5.74, 6) is 0.304. The summed E-state index contributed by atoms with van der Waals surface area (Å²) in [6.45, 7) is 2.43. The van der Waals surface area contributed by atoms with Crippen LogP contribution < -0.4 is 4.72 Å². The number of hydrogen-bond donors (Lipinski definition) is 2. The first-order chi connectivity index (χ1) is 11.9. The second kappa shape index (κ2) is 6.93. The van der Waals surface area contributed by atoms with Crippen molar-refractivity contribution in [2.45, 2.75) is 50.6 Å². The largest absolute Gasteiger partial charge is 0.478 e. The van der Waals surface area contributed by atoms with Crippen molar-refractivity contribution in [3.63, 3.8) is 0 Å². The van der Waals surface area contributed by atoms with Gasteiger partial charge in [0.05, 0.1) is 17.0 Å². The number of nitrogens with zero attached hydrogens (tertiary/aromatic N) is 3. The minimum atomic E-state index is -3.84. The first-order valence-corrected chi connectivity index (χ1v) is 9.61. The van der Waals surface area contributed by atoms with Crippen LogP contribution in [0, 0.1) is 6.92 Å². The zero-order chi connectivity index (χ0) is 18.0. The summed E-state index contributed by atoms with van der Waals surface area (Å²) in [4.78, 5) is 11.1. The Labute approximate surface area is 145 Å². The van der Waals surface area contributed by atoms with Gasteiger partial charge in [0.25, 0.3) is 0 Å². The average molecular weight is 364 g/mol. The molecule has 0 amide bonds. The molecule has 3 rings (SSSR count). The molecule has 2 aromatic rings. The van der Waals surface area contributed by atoms with E-state index in [9.17, 15) is 13.2 Å². The lowest BCUT2D eigenvalue weighted by atomic mass is 10.1. The van der Waals surface area contributed by atoms with Crippen LogP contribution in [-0.4, -0.2) is 34.3 Å². The molecule has 25 heavy (non-hydrogen) atoms. The summed E-state index contributed by atoms with van der Waals surface area (Å²) in [5, 5.41) is 17.4. The molecule has 2 heterocycles. The Kier molecular flexibility index (Phi) is 4.87. The molecule has 9 heteroatoms. The fourth-order valence-corrected chi connectivity index (χ4v) is 3.92. The SMILES string of the molecule is Cc1ccc(S(=O)(=O)NCc2nnc3n2CCCCC3)cc1C(=O)O. The average Bonchev–Trinajstić information content (AvgIpc) is 2.79. The van der Waals surface area contributed by atoms with Gasteiger partial charge in [-0.2, -0.15) is 0 Å². The van der Waals surface area contributed by atoms with Gasteiger partial charge in [0.1, 0.15) is 11.6 Å². The lowest BCUT2D eigenvalue weighted by Crippen LogP contribution is -2.25. The number of aromatic nitrogens is 3. The number of sulfonamides is 1. The highest BCUT2D eigenvalue weighted by Gasteiger charge is 2.20. The highest BCUT2D eigenvalue weighted by atomic mass is 32.2. The number of fused-ring (bicyclic) bond motifs is 1. The second-order valence-corrected chi connectivity index (χ2v) is 7.87. The van der Waals surface area contributed by atoms with Crippen molar-refractivity contribution in [1.82, 2.24) is 19.5 Å². The monoisotopic (exact) mass is 364 g/mol. The molecule has 1 aliphatic heterocycles. The fourth-order valence-electron chi connectivity index (χ4n) is 2.92. The third-order valence-electron chi connectivity index (χ3n) is 4.36. The standard InChI is InChI=1S/C16H20N4O4S/c1-11-6-7-12(9-13(11)16(21)22)25(23,24)17-10-15-19-18-14-5-3-2-4-8-20(14)15/h6-7,9,17H,2-5,8,10H2,1H3,(H,21,22). The summed E-state index contributed by atoms with van der Waals surface area (Å²) in [7, 11) is -3.84. The molecule has 1 aromatic carbocycles. The summed E-state index contributed by atoms with van der Waals surface area (Å²) in [6.07, 6.45) is 4.05. The number of rotatable bonds is 5. The van der Waals surface area contributed by atoms with Gasteiger partial charge in [-0.25, -0.2) is 17.9 Å². The van der Waals surface area contributed by atoms with Gasteiger partial charge in [0.2, 0.25) is 10.0 Å². The van der Waals surface area contributed by atoms with Gasteiger partial charge in [-0.1, -0.05) is 12.5 Å². The number of aromatic carboxylic acids is 1. The van der Waals surface area contributed by atoms with Crippen molar-refractivity contribution < 1.29 is 18.3 Å². The molecule has 0 saturated carbocycles. The number of aryl methyl sites for hydroxylation is 2. The normalized spacial score (nSPS) is 14.8. The molecule has 0 atom stereocenters. The van der Waals surface area contributed by atoms with E-state index in [1.54, 1.807) is 6.92 Å². The first-order valence-electron chi connectivity index (χ1n) is 8.13. The van der Waals surface area contributed by atoms with E-state index in [0.29, 0.717) is 11.4 Å². The van der Waals surface area contributed by atoms with Gasteiger partial charge in [-0.15, -0.1) is 10.2 Å². The highest BCUT2D eigenvalue weighted by molar-refractivity contribution is 7.89. The molecule has 1 aliphatic rings. The van der Waals surface area contributed by atoms with Crippen molar-refractivity contribution in [2.24, 2.45) is 0 Å². The second-order valence-electron chi connectivity index (χ2n) is 6.10. The minimum absolute atomic E-state index is 0.0195. The Hall–Kier alpha value is -2.26.